The average Bonchev–Trinajstić information content (AvgIpc) is 2.72. The molecule has 112 valence electrons. The lowest BCUT2D eigenvalue weighted by Crippen LogP contribution is -2.47. The first-order valence-electron chi connectivity index (χ1n) is 5.52. The van der Waals surface area contributed by atoms with Gasteiger partial charge in [0.2, 0.25) is 0 Å². The van der Waals surface area contributed by atoms with Crippen LogP contribution in [-0.2, 0) is 14.3 Å². The monoisotopic (exact) mass is 295 g/mol. The van der Waals surface area contributed by atoms with Crippen molar-refractivity contribution in [2.75, 3.05) is 13.2 Å². The van der Waals surface area contributed by atoms with Gasteiger partial charge in [0.1, 0.15) is 5.41 Å². The van der Waals surface area contributed by atoms with E-state index in [-0.39, 0.29) is 13.2 Å². The number of rotatable bonds is 2. The van der Waals surface area contributed by atoms with Crippen molar-refractivity contribution in [2.24, 2.45) is 10.5 Å². The first-order valence-corrected chi connectivity index (χ1v) is 5.52. The lowest BCUT2D eigenvalue weighted by molar-refractivity contribution is -0.172. The third kappa shape index (κ3) is 3.45. The van der Waals surface area contributed by atoms with Gasteiger partial charge in [-0.15, -0.1) is 0 Å². The molecule has 0 aliphatic carbocycles. The molecule has 0 aromatic rings. The van der Waals surface area contributed by atoms with Gasteiger partial charge in [-0.2, -0.15) is 18.3 Å². The summed E-state index contributed by atoms with van der Waals surface area (Å²) in [5, 5.41) is 5.19. The van der Waals surface area contributed by atoms with Crippen molar-refractivity contribution >= 4 is 24.1 Å². The van der Waals surface area contributed by atoms with Crippen LogP contribution in [0.2, 0.25) is 0 Å². The van der Waals surface area contributed by atoms with E-state index in [0.717, 1.165) is 11.5 Å². The van der Waals surface area contributed by atoms with Crippen LogP contribution in [0.4, 0.5) is 18.0 Å². The van der Waals surface area contributed by atoms with Crippen LogP contribution in [0, 0.1) is 5.41 Å². The molecule has 1 aliphatic heterocycles. The number of alkyl halides is 3. The van der Waals surface area contributed by atoms with E-state index >= 15 is 0 Å². The van der Waals surface area contributed by atoms with Crippen LogP contribution >= 0.6 is 0 Å². The maximum absolute atomic E-state index is 12.0. The van der Waals surface area contributed by atoms with E-state index in [0.29, 0.717) is 5.01 Å². The summed E-state index contributed by atoms with van der Waals surface area (Å²) in [6.45, 7) is 2.79. The Morgan fingerprint density at radius 1 is 1.45 bits per heavy atom. The summed E-state index contributed by atoms with van der Waals surface area (Å²) < 4.78 is 40.7. The number of carbonyl (C=O) groups is 3. The van der Waals surface area contributed by atoms with Crippen molar-refractivity contribution < 1.29 is 32.3 Å². The first kappa shape index (κ1) is 15.9. The number of ether oxygens (including phenoxy) is 1. The van der Waals surface area contributed by atoms with Crippen LogP contribution < -0.4 is 5.32 Å². The van der Waals surface area contributed by atoms with Gasteiger partial charge in [0.05, 0.1) is 13.2 Å². The third-order valence-corrected chi connectivity index (χ3v) is 2.41. The minimum absolute atomic E-state index is 0.112. The molecule has 1 atom stereocenters. The van der Waals surface area contributed by atoms with Crippen LogP contribution in [0.5, 0.6) is 0 Å². The molecule has 1 unspecified atom stereocenters. The van der Waals surface area contributed by atoms with E-state index in [4.69, 9.17) is 4.74 Å². The number of hydrogen-bond acceptors (Lipinski definition) is 5. The topological polar surface area (TPSA) is 88.1 Å². The molecule has 0 aromatic heterocycles. The number of urea groups is 1. The van der Waals surface area contributed by atoms with E-state index in [9.17, 15) is 27.6 Å². The summed E-state index contributed by atoms with van der Waals surface area (Å²) in [6, 6.07) is -1.36. The van der Waals surface area contributed by atoms with Crippen molar-refractivity contribution in [3.8, 4) is 0 Å². The molecule has 0 bridgehead atoms. The summed E-state index contributed by atoms with van der Waals surface area (Å²) in [5.74, 6) is -3.07. The molecule has 0 saturated carbocycles. The Morgan fingerprint density at radius 2 is 2.05 bits per heavy atom. The number of imide groups is 1. The third-order valence-electron chi connectivity index (χ3n) is 2.41. The SMILES string of the molecule is CCOC(=O)C1(C)C=NN(C(=O)NC(=O)C(F)(F)F)C1. The molecule has 0 radical (unpaired) electrons. The second-order valence-electron chi connectivity index (χ2n) is 4.20. The molecule has 1 aliphatic rings. The zero-order chi connectivity index (χ0) is 15.6. The highest BCUT2D eigenvalue weighted by Crippen LogP contribution is 2.24. The quantitative estimate of drug-likeness (QED) is 0.758. The number of amides is 3. The number of hydrazone groups is 1. The maximum Gasteiger partial charge on any atom is 0.471 e. The normalized spacial score (nSPS) is 21.8. The minimum atomic E-state index is -5.18. The molecule has 1 heterocycles. The van der Waals surface area contributed by atoms with Crippen molar-refractivity contribution in [3.63, 3.8) is 0 Å². The maximum atomic E-state index is 12.0. The number of carbonyl (C=O) groups excluding carboxylic acids is 3. The smallest absolute Gasteiger partial charge is 0.465 e. The van der Waals surface area contributed by atoms with Gasteiger partial charge in [0.15, 0.2) is 0 Å². The van der Waals surface area contributed by atoms with Gasteiger partial charge < -0.3 is 4.74 Å². The Kier molecular flexibility index (Phi) is 4.36. The second-order valence-corrected chi connectivity index (χ2v) is 4.20. The fraction of sp³-hybridized carbons (Fsp3) is 0.600. The molecule has 7 nitrogen and oxygen atoms in total. The predicted molar refractivity (Wildman–Crippen MR) is 59.5 cm³/mol. The highest BCUT2D eigenvalue weighted by molar-refractivity contribution is 6.00. The molecule has 1 rings (SSSR count). The molecule has 0 fully saturated rings. The standard InChI is InChI=1S/C10H12F3N3O4/c1-3-20-7(18)9(2)4-14-16(5-9)8(19)15-6(17)10(11,12)13/h4H,3,5H2,1-2H3,(H,15,17,19). The average molecular weight is 295 g/mol. The molecule has 10 heteroatoms. The van der Waals surface area contributed by atoms with E-state index < -0.39 is 29.5 Å². The fourth-order valence-corrected chi connectivity index (χ4v) is 1.36. The number of nitrogens with zero attached hydrogens (tertiary/aromatic N) is 2. The Bertz CT molecular complexity index is 463. The molecule has 20 heavy (non-hydrogen) atoms. The van der Waals surface area contributed by atoms with Crippen LogP contribution in [0.3, 0.4) is 0 Å². The van der Waals surface area contributed by atoms with Gasteiger partial charge >= 0.3 is 24.1 Å². The minimum Gasteiger partial charge on any atom is -0.465 e. The van der Waals surface area contributed by atoms with E-state index in [1.165, 1.54) is 6.92 Å². The number of esters is 1. The van der Waals surface area contributed by atoms with Crippen LogP contribution in [0.25, 0.3) is 0 Å². The lowest BCUT2D eigenvalue weighted by Gasteiger charge is -2.20. The highest BCUT2D eigenvalue weighted by Gasteiger charge is 2.44. The van der Waals surface area contributed by atoms with Crippen molar-refractivity contribution in [2.45, 2.75) is 20.0 Å². The van der Waals surface area contributed by atoms with Gasteiger partial charge in [0.25, 0.3) is 0 Å². The Morgan fingerprint density at radius 3 is 2.55 bits per heavy atom. The first-order chi connectivity index (χ1) is 9.10. The van der Waals surface area contributed by atoms with Crippen molar-refractivity contribution in [1.29, 1.82) is 0 Å². The van der Waals surface area contributed by atoms with Crippen LogP contribution in [0.1, 0.15) is 13.8 Å². The second kappa shape index (κ2) is 5.47. The number of halogens is 3. The lowest BCUT2D eigenvalue weighted by atomic mass is 9.93. The van der Waals surface area contributed by atoms with Crippen LogP contribution in [-0.4, -0.2) is 48.5 Å². The molecule has 3 amide bonds. The predicted octanol–water partition coefficient (Wildman–Crippen LogP) is 0.656. The summed E-state index contributed by atoms with van der Waals surface area (Å²) in [5.41, 5.74) is -1.26. The van der Waals surface area contributed by atoms with Gasteiger partial charge in [-0.25, -0.2) is 9.80 Å². The Labute approximate surface area is 111 Å². The van der Waals surface area contributed by atoms with Gasteiger partial charge in [-0.05, 0) is 13.8 Å². The molecule has 0 spiro atoms. The largest absolute Gasteiger partial charge is 0.471 e. The Hall–Kier alpha value is -2.13. The molecule has 1 N–H and O–H groups in total. The Balaban J connectivity index is 2.65. The number of hydrogen-bond donors (Lipinski definition) is 1. The zero-order valence-electron chi connectivity index (χ0n) is 10.7. The summed E-state index contributed by atoms with van der Waals surface area (Å²) in [4.78, 5) is 33.6. The fourth-order valence-electron chi connectivity index (χ4n) is 1.36. The van der Waals surface area contributed by atoms with Gasteiger partial charge in [-0.3, -0.25) is 14.9 Å². The molecular formula is C10H12F3N3O4. The molecule has 0 saturated heterocycles. The van der Waals surface area contributed by atoms with Crippen molar-refractivity contribution in [3.05, 3.63) is 0 Å². The number of nitrogens with one attached hydrogen (secondary N) is 1. The van der Waals surface area contributed by atoms with E-state index in [1.807, 2.05) is 0 Å². The molecular weight excluding hydrogens is 283 g/mol. The van der Waals surface area contributed by atoms with Gasteiger partial charge in [0, 0.05) is 6.21 Å². The molecule has 0 aromatic carbocycles. The van der Waals surface area contributed by atoms with E-state index in [2.05, 4.69) is 5.10 Å². The summed E-state index contributed by atoms with van der Waals surface area (Å²) >= 11 is 0. The van der Waals surface area contributed by atoms with Crippen LogP contribution in [0.15, 0.2) is 5.10 Å². The van der Waals surface area contributed by atoms with E-state index in [1.54, 1.807) is 6.92 Å². The zero-order valence-corrected chi connectivity index (χ0v) is 10.7. The summed E-state index contributed by atoms with van der Waals surface area (Å²) in [6.07, 6.45) is -4.09. The summed E-state index contributed by atoms with van der Waals surface area (Å²) in [7, 11) is 0. The highest BCUT2D eigenvalue weighted by atomic mass is 19.4. The van der Waals surface area contributed by atoms with Gasteiger partial charge in [-0.1, -0.05) is 0 Å². The van der Waals surface area contributed by atoms with Crippen molar-refractivity contribution in [1.82, 2.24) is 10.3 Å².